The molecule has 1 heterocycles. The zero-order valence-corrected chi connectivity index (χ0v) is 16.8. The normalized spacial score (nSPS) is 16.2. The van der Waals surface area contributed by atoms with E-state index in [4.69, 9.17) is 22.2 Å². The third-order valence-corrected chi connectivity index (χ3v) is 4.78. The number of halogens is 1. The maximum absolute atomic E-state index is 12.8. The van der Waals surface area contributed by atoms with Gasteiger partial charge in [-0.3, -0.25) is 14.4 Å². The molecule has 0 saturated heterocycles. The van der Waals surface area contributed by atoms with Crippen molar-refractivity contribution in [2.24, 2.45) is 10.9 Å². The molecule has 0 radical (unpaired) electrons. The van der Waals surface area contributed by atoms with Crippen LogP contribution in [0.15, 0.2) is 59.8 Å². The van der Waals surface area contributed by atoms with Crippen molar-refractivity contribution in [3.8, 4) is 0 Å². The highest BCUT2D eigenvalue weighted by atomic mass is 35.5. The minimum atomic E-state index is -0.812. The monoisotopic (exact) mass is 428 g/mol. The lowest BCUT2D eigenvalue weighted by atomic mass is 10.0. The summed E-state index contributed by atoms with van der Waals surface area (Å²) in [5.41, 5.74) is 6.59. The third-order valence-electron chi connectivity index (χ3n) is 4.53. The summed E-state index contributed by atoms with van der Waals surface area (Å²) < 4.78 is 0. The lowest BCUT2D eigenvalue weighted by Gasteiger charge is -2.20. The quantitative estimate of drug-likeness (QED) is 0.588. The molecule has 156 valence electrons. The Morgan fingerprint density at radius 1 is 1.13 bits per heavy atom. The lowest BCUT2D eigenvalue weighted by molar-refractivity contribution is -0.123. The number of nitrogens with one attached hydrogen (secondary N) is 2. The van der Waals surface area contributed by atoms with Crippen molar-refractivity contribution in [2.75, 3.05) is 6.54 Å². The van der Waals surface area contributed by atoms with Gasteiger partial charge in [-0.2, -0.15) is 0 Å². The predicted molar refractivity (Wildman–Crippen MR) is 112 cm³/mol. The first-order valence-electron chi connectivity index (χ1n) is 9.33. The van der Waals surface area contributed by atoms with Crippen LogP contribution in [0.3, 0.4) is 0 Å². The van der Waals surface area contributed by atoms with Crippen LogP contribution in [0.4, 0.5) is 0 Å². The van der Waals surface area contributed by atoms with Crippen LogP contribution in [0.1, 0.15) is 22.3 Å². The van der Waals surface area contributed by atoms with Gasteiger partial charge in [0.1, 0.15) is 11.8 Å². The fourth-order valence-electron chi connectivity index (χ4n) is 2.92. The summed E-state index contributed by atoms with van der Waals surface area (Å²) >= 11 is 5.87. The standard InChI is InChI=1S/C21H21ClN4O4/c22-15-8-6-14(7-9-15)20(28)25-18(10-13-4-2-1-3-5-13)21(29)24-12-16-11-17(19(23)27)26-30-16/h1-9,16,18H,10-12H2,(H2,23,27)(H,24,29)(H,25,28)/t16-,18+/m1/s1. The van der Waals surface area contributed by atoms with Crippen molar-refractivity contribution in [3.63, 3.8) is 0 Å². The Kier molecular flexibility index (Phi) is 7.03. The van der Waals surface area contributed by atoms with Crippen molar-refractivity contribution < 1.29 is 19.2 Å². The van der Waals surface area contributed by atoms with Crippen molar-refractivity contribution >= 4 is 35.0 Å². The first kappa shape index (κ1) is 21.3. The molecular weight excluding hydrogens is 408 g/mol. The Labute approximate surface area is 178 Å². The summed E-state index contributed by atoms with van der Waals surface area (Å²) in [5.74, 6) is -1.42. The largest absolute Gasteiger partial charge is 0.390 e. The van der Waals surface area contributed by atoms with Crippen LogP contribution in [0, 0.1) is 0 Å². The fourth-order valence-corrected chi connectivity index (χ4v) is 3.05. The average Bonchev–Trinajstić information content (AvgIpc) is 3.22. The van der Waals surface area contributed by atoms with E-state index in [2.05, 4.69) is 15.8 Å². The Morgan fingerprint density at radius 2 is 1.83 bits per heavy atom. The van der Waals surface area contributed by atoms with E-state index in [1.807, 2.05) is 30.3 Å². The van der Waals surface area contributed by atoms with E-state index in [0.29, 0.717) is 17.0 Å². The molecule has 1 aliphatic heterocycles. The first-order valence-corrected chi connectivity index (χ1v) is 9.70. The van der Waals surface area contributed by atoms with Gasteiger partial charge >= 0.3 is 0 Å². The minimum Gasteiger partial charge on any atom is -0.390 e. The van der Waals surface area contributed by atoms with E-state index >= 15 is 0 Å². The predicted octanol–water partition coefficient (Wildman–Crippen LogP) is 1.43. The van der Waals surface area contributed by atoms with Crippen LogP contribution < -0.4 is 16.4 Å². The molecule has 8 nitrogen and oxygen atoms in total. The van der Waals surface area contributed by atoms with E-state index in [1.54, 1.807) is 24.3 Å². The van der Waals surface area contributed by atoms with Gasteiger partial charge in [0.15, 0.2) is 6.10 Å². The Bertz CT molecular complexity index is 947. The van der Waals surface area contributed by atoms with E-state index in [0.717, 1.165) is 5.56 Å². The number of nitrogens with two attached hydrogens (primary N) is 1. The van der Waals surface area contributed by atoms with Gasteiger partial charge in [-0.05, 0) is 29.8 Å². The molecule has 3 amide bonds. The van der Waals surface area contributed by atoms with Crippen LogP contribution in [0.25, 0.3) is 0 Å². The number of benzene rings is 2. The second kappa shape index (κ2) is 9.89. The maximum atomic E-state index is 12.8. The molecule has 0 saturated carbocycles. The molecule has 2 aromatic carbocycles. The number of nitrogens with zero attached hydrogens (tertiary/aromatic N) is 1. The number of oxime groups is 1. The second-order valence-corrected chi connectivity index (χ2v) is 7.24. The zero-order chi connectivity index (χ0) is 21.5. The SMILES string of the molecule is NC(=O)C1=NO[C@@H](CNC(=O)[C@H](Cc2ccccc2)NC(=O)c2ccc(Cl)cc2)C1. The zero-order valence-electron chi connectivity index (χ0n) is 16.0. The fraction of sp³-hybridized carbons (Fsp3) is 0.238. The molecule has 0 aromatic heterocycles. The summed E-state index contributed by atoms with van der Waals surface area (Å²) in [4.78, 5) is 41.7. The number of hydrogen-bond acceptors (Lipinski definition) is 5. The number of primary amides is 1. The van der Waals surface area contributed by atoms with Gasteiger partial charge in [0.2, 0.25) is 5.91 Å². The van der Waals surface area contributed by atoms with E-state index in [-0.39, 0.29) is 30.5 Å². The van der Waals surface area contributed by atoms with E-state index < -0.39 is 18.1 Å². The highest BCUT2D eigenvalue weighted by Gasteiger charge is 2.27. The van der Waals surface area contributed by atoms with Gasteiger partial charge in [-0.25, -0.2) is 0 Å². The number of hydrogen-bond donors (Lipinski definition) is 3. The summed E-state index contributed by atoms with van der Waals surface area (Å²) in [7, 11) is 0. The van der Waals surface area contributed by atoms with Gasteiger partial charge in [0.05, 0.1) is 6.54 Å². The maximum Gasteiger partial charge on any atom is 0.266 e. The molecule has 4 N–H and O–H groups in total. The van der Waals surface area contributed by atoms with E-state index in [9.17, 15) is 14.4 Å². The van der Waals surface area contributed by atoms with Gasteiger partial charge in [-0.1, -0.05) is 47.1 Å². The molecule has 30 heavy (non-hydrogen) atoms. The average molecular weight is 429 g/mol. The summed E-state index contributed by atoms with van der Waals surface area (Å²) in [5, 5.41) is 9.64. The molecule has 1 aliphatic rings. The van der Waals surface area contributed by atoms with Crippen molar-refractivity contribution in [1.82, 2.24) is 10.6 Å². The molecular formula is C21H21ClN4O4. The molecule has 2 aromatic rings. The van der Waals surface area contributed by atoms with Crippen molar-refractivity contribution in [1.29, 1.82) is 0 Å². The van der Waals surface area contributed by atoms with Crippen LogP contribution in [0.2, 0.25) is 5.02 Å². The smallest absolute Gasteiger partial charge is 0.266 e. The number of carbonyl (C=O) groups is 3. The highest BCUT2D eigenvalue weighted by molar-refractivity contribution is 6.38. The summed E-state index contributed by atoms with van der Waals surface area (Å²) in [6, 6.07) is 14.9. The summed E-state index contributed by atoms with van der Waals surface area (Å²) in [6.07, 6.45) is 0.0391. The van der Waals surface area contributed by atoms with Crippen LogP contribution in [0.5, 0.6) is 0 Å². The third kappa shape index (κ3) is 5.81. The van der Waals surface area contributed by atoms with Crippen molar-refractivity contribution in [3.05, 3.63) is 70.7 Å². The van der Waals surface area contributed by atoms with Crippen LogP contribution in [-0.2, 0) is 20.8 Å². The van der Waals surface area contributed by atoms with Crippen LogP contribution >= 0.6 is 11.6 Å². The Balaban J connectivity index is 1.64. The molecule has 0 fully saturated rings. The molecule has 0 bridgehead atoms. The number of rotatable bonds is 8. The van der Waals surface area contributed by atoms with Crippen molar-refractivity contribution in [2.45, 2.75) is 25.0 Å². The molecule has 0 spiro atoms. The van der Waals surface area contributed by atoms with Gasteiger partial charge in [0, 0.05) is 23.4 Å². The second-order valence-electron chi connectivity index (χ2n) is 6.80. The number of amides is 3. The number of carbonyl (C=O) groups excluding carboxylic acids is 3. The summed E-state index contributed by atoms with van der Waals surface area (Å²) in [6.45, 7) is 0.126. The molecule has 3 rings (SSSR count). The van der Waals surface area contributed by atoms with Gasteiger partial charge in [0.25, 0.3) is 11.8 Å². The highest BCUT2D eigenvalue weighted by Crippen LogP contribution is 2.12. The Morgan fingerprint density at radius 3 is 2.47 bits per heavy atom. The molecule has 0 aliphatic carbocycles. The minimum absolute atomic E-state index is 0.126. The first-order chi connectivity index (χ1) is 14.4. The topological polar surface area (TPSA) is 123 Å². The van der Waals surface area contributed by atoms with Gasteiger partial charge < -0.3 is 21.2 Å². The van der Waals surface area contributed by atoms with E-state index in [1.165, 1.54) is 0 Å². The molecule has 0 unspecified atom stereocenters. The Hall–Kier alpha value is -3.39. The van der Waals surface area contributed by atoms with Gasteiger partial charge in [-0.15, -0.1) is 0 Å². The van der Waals surface area contributed by atoms with Crippen LogP contribution in [-0.4, -0.2) is 42.1 Å². The lowest BCUT2D eigenvalue weighted by Crippen LogP contribution is -2.49. The molecule has 2 atom stereocenters. The molecule has 9 heteroatoms.